The van der Waals surface area contributed by atoms with E-state index >= 15 is 0 Å². The minimum Gasteiger partial charge on any atom is -0.373 e. The molecule has 1 saturated heterocycles. The second-order valence-electron chi connectivity index (χ2n) is 4.98. The summed E-state index contributed by atoms with van der Waals surface area (Å²) in [5, 5.41) is 2.99. The Labute approximate surface area is 104 Å². The lowest BCUT2D eigenvalue weighted by Gasteiger charge is -2.37. The van der Waals surface area contributed by atoms with Crippen molar-refractivity contribution in [3.8, 4) is 0 Å². The highest BCUT2D eigenvalue weighted by atomic mass is 32.2. The Bertz CT molecular complexity index is 343. The van der Waals surface area contributed by atoms with E-state index in [1.807, 2.05) is 20.8 Å². The number of morpholine rings is 1. The second kappa shape index (κ2) is 5.62. The van der Waals surface area contributed by atoms with Crippen molar-refractivity contribution >= 4 is 10.2 Å². The van der Waals surface area contributed by atoms with E-state index < -0.39 is 15.8 Å². The van der Waals surface area contributed by atoms with Crippen molar-refractivity contribution in [1.29, 1.82) is 0 Å². The van der Waals surface area contributed by atoms with Crippen LogP contribution in [-0.2, 0) is 14.9 Å². The molecule has 1 unspecified atom stereocenters. The molecule has 1 aliphatic rings. The van der Waals surface area contributed by atoms with Gasteiger partial charge < -0.3 is 10.1 Å². The van der Waals surface area contributed by atoms with E-state index in [9.17, 15) is 8.42 Å². The van der Waals surface area contributed by atoms with Gasteiger partial charge in [0.15, 0.2) is 0 Å². The van der Waals surface area contributed by atoms with Gasteiger partial charge in [-0.1, -0.05) is 0 Å². The Morgan fingerprint density at radius 2 is 2.12 bits per heavy atom. The van der Waals surface area contributed by atoms with Gasteiger partial charge in [-0.15, -0.1) is 0 Å². The molecule has 0 saturated carbocycles. The van der Waals surface area contributed by atoms with Crippen molar-refractivity contribution in [3.05, 3.63) is 0 Å². The third-order valence-electron chi connectivity index (χ3n) is 2.80. The van der Waals surface area contributed by atoms with Crippen LogP contribution < -0.4 is 10.0 Å². The van der Waals surface area contributed by atoms with E-state index in [1.165, 1.54) is 4.31 Å². The molecule has 0 aliphatic carbocycles. The van der Waals surface area contributed by atoms with Crippen molar-refractivity contribution in [3.63, 3.8) is 0 Å². The molecule has 0 bridgehead atoms. The summed E-state index contributed by atoms with van der Waals surface area (Å²) in [6.45, 7) is 7.33. The maximum Gasteiger partial charge on any atom is 0.279 e. The molecule has 0 aromatic rings. The van der Waals surface area contributed by atoms with Gasteiger partial charge in [-0.2, -0.15) is 12.7 Å². The molecule has 0 aromatic heterocycles. The van der Waals surface area contributed by atoms with Crippen LogP contribution in [0.1, 0.15) is 20.8 Å². The molecule has 1 fully saturated rings. The summed E-state index contributed by atoms with van der Waals surface area (Å²) in [7, 11) is -1.59. The maximum absolute atomic E-state index is 12.0. The highest BCUT2D eigenvalue weighted by molar-refractivity contribution is 7.87. The smallest absolute Gasteiger partial charge is 0.279 e. The number of nitrogens with zero attached hydrogens (tertiary/aromatic N) is 1. The van der Waals surface area contributed by atoms with Gasteiger partial charge in [-0.3, -0.25) is 0 Å². The number of likely N-dealkylation sites (N-methyl/N-ethyl adjacent to an activating group) is 1. The third kappa shape index (κ3) is 4.51. The highest BCUT2D eigenvalue weighted by Crippen LogP contribution is 2.18. The van der Waals surface area contributed by atoms with Crippen LogP contribution in [0.5, 0.6) is 0 Å². The molecular formula is C10H23N3O3S. The maximum atomic E-state index is 12.0. The van der Waals surface area contributed by atoms with Crippen molar-refractivity contribution in [2.75, 3.05) is 33.3 Å². The van der Waals surface area contributed by atoms with Crippen LogP contribution in [0.25, 0.3) is 0 Å². The van der Waals surface area contributed by atoms with Crippen LogP contribution >= 0.6 is 0 Å². The minimum atomic E-state index is -3.40. The lowest BCUT2D eigenvalue weighted by atomic mass is 10.1. The van der Waals surface area contributed by atoms with Gasteiger partial charge in [0, 0.05) is 25.7 Å². The van der Waals surface area contributed by atoms with Gasteiger partial charge in [-0.05, 0) is 27.8 Å². The van der Waals surface area contributed by atoms with Gasteiger partial charge in [0.1, 0.15) is 0 Å². The van der Waals surface area contributed by atoms with Crippen LogP contribution in [0.3, 0.4) is 0 Å². The molecule has 1 atom stereocenters. The number of rotatable bonds is 5. The van der Waals surface area contributed by atoms with E-state index in [1.54, 1.807) is 7.05 Å². The van der Waals surface area contributed by atoms with Gasteiger partial charge in [0.05, 0.1) is 12.2 Å². The first kappa shape index (κ1) is 14.8. The minimum absolute atomic E-state index is 0.110. The summed E-state index contributed by atoms with van der Waals surface area (Å²) < 4.78 is 33.6. The van der Waals surface area contributed by atoms with Gasteiger partial charge in [0.2, 0.25) is 0 Å². The standard InChI is InChI=1S/C10H23N3O3S/c1-9(11-4)7-12-17(14,15)13-5-6-16-10(2,3)8-13/h9,11-12H,5-8H2,1-4H3. The summed E-state index contributed by atoms with van der Waals surface area (Å²) in [4.78, 5) is 0. The predicted octanol–water partition coefficient (Wildman–Crippen LogP) is -0.460. The van der Waals surface area contributed by atoms with Crippen LogP contribution in [-0.4, -0.2) is 57.7 Å². The Morgan fingerprint density at radius 3 is 2.65 bits per heavy atom. The van der Waals surface area contributed by atoms with Gasteiger partial charge in [0.25, 0.3) is 10.2 Å². The zero-order chi connectivity index (χ0) is 13.1. The Balaban J connectivity index is 2.58. The summed E-state index contributed by atoms with van der Waals surface area (Å²) >= 11 is 0. The zero-order valence-corrected chi connectivity index (χ0v) is 11.8. The number of ether oxygens (including phenoxy) is 1. The van der Waals surface area contributed by atoms with E-state index in [-0.39, 0.29) is 6.04 Å². The van der Waals surface area contributed by atoms with Crippen molar-refractivity contribution in [2.24, 2.45) is 0 Å². The Kier molecular flexibility index (Phi) is 4.91. The molecule has 1 aliphatic heterocycles. The Hall–Kier alpha value is -0.210. The van der Waals surface area contributed by atoms with Crippen LogP contribution in [0.15, 0.2) is 0 Å². The summed E-state index contributed by atoms with van der Waals surface area (Å²) in [5.74, 6) is 0. The van der Waals surface area contributed by atoms with E-state index in [0.717, 1.165) is 0 Å². The second-order valence-corrected chi connectivity index (χ2v) is 6.74. The van der Waals surface area contributed by atoms with Crippen LogP contribution in [0, 0.1) is 0 Å². The fourth-order valence-corrected chi connectivity index (χ4v) is 3.04. The molecule has 1 rings (SSSR count). The van der Waals surface area contributed by atoms with Crippen LogP contribution in [0.4, 0.5) is 0 Å². The monoisotopic (exact) mass is 265 g/mol. The van der Waals surface area contributed by atoms with Crippen molar-refractivity contribution in [1.82, 2.24) is 14.3 Å². The normalized spacial score (nSPS) is 23.5. The largest absolute Gasteiger partial charge is 0.373 e. The molecule has 0 aromatic carbocycles. The zero-order valence-electron chi connectivity index (χ0n) is 11.0. The summed E-state index contributed by atoms with van der Waals surface area (Å²) in [6, 6.07) is 0.110. The fraction of sp³-hybridized carbons (Fsp3) is 1.00. The first-order chi connectivity index (χ1) is 7.77. The predicted molar refractivity (Wildman–Crippen MR) is 67.0 cm³/mol. The SMILES string of the molecule is CNC(C)CNS(=O)(=O)N1CCOC(C)(C)C1. The number of hydrogen-bond donors (Lipinski definition) is 2. The Morgan fingerprint density at radius 1 is 1.47 bits per heavy atom. The number of hydrogen-bond acceptors (Lipinski definition) is 4. The van der Waals surface area contributed by atoms with E-state index in [0.29, 0.717) is 26.2 Å². The molecule has 0 radical (unpaired) electrons. The quantitative estimate of drug-likeness (QED) is 0.706. The van der Waals surface area contributed by atoms with E-state index in [2.05, 4.69) is 10.0 Å². The molecule has 0 amide bonds. The van der Waals surface area contributed by atoms with Crippen LogP contribution in [0.2, 0.25) is 0 Å². The van der Waals surface area contributed by atoms with Crippen molar-refractivity contribution in [2.45, 2.75) is 32.4 Å². The van der Waals surface area contributed by atoms with E-state index in [4.69, 9.17) is 4.74 Å². The molecule has 0 spiro atoms. The topological polar surface area (TPSA) is 70.7 Å². The average Bonchev–Trinajstić information content (AvgIpc) is 2.24. The third-order valence-corrected chi connectivity index (χ3v) is 4.32. The fourth-order valence-electron chi connectivity index (χ4n) is 1.60. The summed E-state index contributed by atoms with van der Waals surface area (Å²) in [6.07, 6.45) is 0. The molecule has 2 N–H and O–H groups in total. The first-order valence-electron chi connectivity index (χ1n) is 5.83. The summed E-state index contributed by atoms with van der Waals surface area (Å²) in [5.41, 5.74) is -0.415. The van der Waals surface area contributed by atoms with Gasteiger partial charge >= 0.3 is 0 Å². The molecule has 7 heteroatoms. The molecule has 6 nitrogen and oxygen atoms in total. The first-order valence-corrected chi connectivity index (χ1v) is 7.27. The lowest BCUT2D eigenvalue weighted by Crippen LogP contribution is -2.54. The molecular weight excluding hydrogens is 242 g/mol. The molecule has 1 heterocycles. The number of nitrogens with one attached hydrogen (secondary N) is 2. The molecule has 17 heavy (non-hydrogen) atoms. The lowest BCUT2D eigenvalue weighted by molar-refractivity contribution is -0.0643. The highest BCUT2D eigenvalue weighted by Gasteiger charge is 2.33. The molecule has 102 valence electrons. The van der Waals surface area contributed by atoms with Gasteiger partial charge in [-0.25, -0.2) is 4.72 Å². The average molecular weight is 265 g/mol. The van der Waals surface area contributed by atoms with Crippen molar-refractivity contribution < 1.29 is 13.2 Å².